The average molecular weight is 257 g/mol. The summed E-state index contributed by atoms with van der Waals surface area (Å²) in [5.41, 5.74) is 6.57. The molecule has 3 heteroatoms. The van der Waals surface area contributed by atoms with Gasteiger partial charge >= 0.3 is 0 Å². The van der Waals surface area contributed by atoms with Crippen LogP contribution in [0, 0.1) is 27.7 Å². The highest BCUT2D eigenvalue weighted by Gasteiger charge is 2.16. The molecule has 3 aromatic rings. The lowest BCUT2D eigenvalue weighted by Gasteiger charge is -2.06. The van der Waals surface area contributed by atoms with E-state index < -0.39 is 0 Å². The van der Waals surface area contributed by atoms with Crippen molar-refractivity contribution in [3.8, 4) is 5.69 Å². The fourth-order valence-corrected chi connectivity index (χ4v) is 3.54. The van der Waals surface area contributed by atoms with Crippen molar-refractivity contribution >= 4 is 16.2 Å². The van der Waals surface area contributed by atoms with Crippen LogP contribution in [0.25, 0.3) is 10.5 Å². The minimum absolute atomic E-state index is 1.28. The Morgan fingerprint density at radius 1 is 1.06 bits per heavy atom. The first-order valence-electron chi connectivity index (χ1n) is 6.12. The predicted molar refractivity (Wildman–Crippen MR) is 75.8 cm³/mol. The molecule has 0 saturated heterocycles. The van der Waals surface area contributed by atoms with E-state index in [1.165, 1.54) is 32.9 Å². The molecule has 0 radical (unpaired) electrons. The maximum atomic E-state index is 2.24. The molecular formula is C15H17N2S+. The summed E-state index contributed by atoms with van der Waals surface area (Å²) in [7, 11) is 0. The summed E-state index contributed by atoms with van der Waals surface area (Å²) in [5, 5.41) is 2.19. The zero-order valence-corrected chi connectivity index (χ0v) is 12.0. The second kappa shape index (κ2) is 3.95. The summed E-state index contributed by atoms with van der Waals surface area (Å²) in [6.07, 6.45) is 4.38. The van der Waals surface area contributed by atoms with E-state index in [4.69, 9.17) is 0 Å². The van der Waals surface area contributed by atoms with Crippen LogP contribution in [0.4, 0.5) is 0 Å². The molecule has 0 aliphatic carbocycles. The Labute approximate surface area is 111 Å². The first-order valence-corrected chi connectivity index (χ1v) is 7.00. The van der Waals surface area contributed by atoms with Gasteiger partial charge in [-0.2, -0.15) is 8.97 Å². The maximum absolute atomic E-state index is 2.24. The molecule has 0 unspecified atom stereocenters. The van der Waals surface area contributed by atoms with Gasteiger partial charge < -0.3 is 0 Å². The van der Waals surface area contributed by atoms with Crippen molar-refractivity contribution < 1.29 is 4.57 Å². The predicted octanol–water partition coefficient (Wildman–Crippen LogP) is 3.51. The Morgan fingerprint density at radius 3 is 2.33 bits per heavy atom. The molecule has 3 rings (SSSR count). The lowest BCUT2D eigenvalue weighted by atomic mass is 10.1. The van der Waals surface area contributed by atoms with Crippen LogP contribution in [0.1, 0.15) is 22.4 Å². The molecule has 2 nitrogen and oxygen atoms in total. The van der Waals surface area contributed by atoms with Crippen molar-refractivity contribution in [2.75, 3.05) is 0 Å². The molecule has 0 aliphatic heterocycles. The third-order valence-electron chi connectivity index (χ3n) is 3.35. The standard InChI is InChI=1S/C15H17N2S/c1-10-5-11(2)15(12(3)6-10)16-7-14-17(9-16)13(4)8-18-14/h5-9H,1-4H3/q+1. The number of benzene rings is 1. The quantitative estimate of drug-likeness (QED) is 0.590. The largest absolute Gasteiger partial charge is 0.255 e. The molecule has 0 spiro atoms. The molecule has 18 heavy (non-hydrogen) atoms. The van der Waals surface area contributed by atoms with Gasteiger partial charge in [-0.15, -0.1) is 0 Å². The zero-order chi connectivity index (χ0) is 12.9. The summed E-state index contributed by atoms with van der Waals surface area (Å²) >= 11 is 1.79. The third-order valence-corrected chi connectivity index (χ3v) is 4.35. The lowest BCUT2D eigenvalue weighted by Crippen LogP contribution is -2.30. The summed E-state index contributed by atoms with van der Waals surface area (Å²) in [5.74, 6) is 0. The minimum Gasteiger partial charge on any atom is -0.200 e. The van der Waals surface area contributed by atoms with Crippen molar-refractivity contribution in [2.45, 2.75) is 27.7 Å². The van der Waals surface area contributed by atoms with E-state index in [1.54, 1.807) is 11.3 Å². The number of rotatable bonds is 1. The molecule has 0 aliphatic rings. The van der Waals surface area contributed by atoms with E-state index in [1.807, 2.05) is 0 Å². The minimum atomic E-state index is 1.28. The van der Waals surface area contributed by atoms with Crippen molar-refractivity contribution in [2.24, 2.45) is 0 Å². The van der Waals surface area contributed by atoms with Gasteiger partial charge in [0, 0.05) is 5.38 Å². The van der Waals surface area contributed by atoms with Crippen LogP contribution in [0.15, 0.2) is 30.0 Å². The van der Waals surface area contributed by atoms with Gasteiger partial charge in [0.05, 0.1) is 0 Å². The van der Waals surface area contributed by atoms with Gasteiger partial charge in [0.15, 0.2) is 6.20 Å². The summed E-state index contributed by atoms with van der Waals surface area (Å²) in [6, 6.07) is 4.49. The van der Waals surface area contributed by atoms with Gasteiger partial charge in [-0.3, -0.25) is 0 Å². The Hall–Kier alpha value is -1.61. The highest BCUT2D eigenvalue weighted by Crippen LogP contribution is 2.19. The SMILES string of the molecule is Cc1cc(C)c(-[n+]2cc3scc(C)n3c2)c(C)c1. The van der Waals surface area contributed by atoms with Gasteiger partial charge in [-0.25, -0.2) is 0 Å². The Morgan fingerprint density at radius 2 is 1.72 bits per heavy atom. The molecule has 0 saturated carbocycles. The van der Waals surface area contributed by atoms with Gasteiger partial charge in [0.1, 0.15) is 11.4 Å². The zero-order valence-electron chi connectivity index (χ0n) is 11.2. The molecule has 0 bridgehead atoms. The van der Waals surface area contributed by atoms with E-state index >= 15 is 0 Å². The van der Waals surface area contributed by atoms with Crippen LogP contribution < -0.4 is 4.57 Å². The highest BCUT2D eigenvalue weighted by atomic mass is 32.1. The number of thiazole rings is 1. The van der Waals surface area contributed by atoms with Gasteiger partial charge in [0.2, 0.25) is 4.83 Å². The third kappa shape index (κ3) is 1.66. The number of imidazole rings is 1. The van der Waals surface area contributed by atoms with E-state index in [-0.39, 0.29) is 0 Å². The number of fused-ring (bicyclic) bond motifs is 1. The molecule has 0 fully saturated rings. The van der Waals surface area contributed by atoms with Crippen molar-refractivity contribution in [1.29, 1.82) is 0 Å². The Balaban J connectivity index is 2.25. The smallest absolute Gasteiger partial charge is 0.200 e. The average Bonchev–Trinajstić information content (AvgIpc) is 2.80. The van der Waals surface area contributed by atoms with Crippen LogP contribution in [0.2, 0.25) is 0 Å². The molecular weight excluding hydrogens is 240 g/mol. The fourth-order valence-electron chi connectivity index (χ4n) is 2.65. The lowest BCUT2D eigenvalue weighted by molar-refractivity contribution is -0.594. The van der Waals surface area contributed by atoms with Crippen molar-refractivity contribution in [1.82, 2.24) is 4.40 Å². The number of hydrogen-bond acceptors (Lipinski definition) is 1. The van der Waals surface area contributed by atoms with Gasteiger partial charge in [0.25, 0.3) is 6.33 Å². The number of aryl methyl sites for hydroxylation is 4. The van der Waals surface area contributed by atoms with Gasteiger partial charge in [-0.1, -0.05) is 29.0 Å². The molecule has 92 valence electrons. The van der Waals surface area contributed by atoms with E-state index in [0.29, 0.717) is 0 Å². The number of nitrogens with zero attached hydrogens (tertiary/aromatic N) is 2. The van der Waals surface area contributed by atoms with Crippen LogP contribution >= 0.6 is 11.3 Å². The molecule has 0 N–H and O–H groups in total. The van der Waals surface area contributed by atoms with E-state index in [9.17, 15) is 0 Å². The first kappa shape index (κ1) is 11.5. The monoisotopic (exact) mass is 257 g/mol. The van der Waals surface area contributed by atoms with Crippen LogP contribution in [0.5, 0.6) is 0 Å². The Bertz CT molecular complexity index is 711. The highest BCUT2D eigenvalue weighted by molar-refractivity contribution is 7.15. The molecule has 0 atom stereocenters. The van der Waals surface area contributed by atoms with Gasteiger partial charge in [-0.05, 0) is 38.8 Å². The summed E-state index contributed by atoms with van der Waals surface area (Å²) < 4.78 is 4.48. The summed E-state index contributed by atoms with van der Waals surface area (Å²) in [4.78, 5) is 1.28. The maximum Gasteiger partial charge on any atom is 0.255 e. The number of hydrogen-bond donors (Lipinski definition) is 0. The molecule has 2 heterocycles. The van der Waals surface area contributed by atoms with Crippen molar-refractivity contribution in [3.63, 3.8) is 0 Å². The normalized spacial score (nSPS) is 11.3. The molecule has 2 aromatic heterocycles. The van der Waals surface area contributed by atoms with E-state index in [0.717, 1.165) is 0 Å². The summed E-state index contributed by atoms with van der Waals surface area (Å²) in [6.45, 7) is 8.65. The van der Waals surface area contributed by atoms with E-state index in [2.05, 4.69) is 66.7 Å². The van der Waals surface area contributed by atoms with Crippen LogP contribution in [0.3, 0.4) is 0 Å². The molecule has 0 amide bonds. The van der Waals surface area contributed by atoms with Crippen molar-refractivity contribution in [3.05, 3.63) is 52.4 Å². The molecule has 1 aromatic carbocycles. The number of aromatic nitrogens is 2. The second-order valence-electron chi connectivity index (χ2n) is 4.98. The van der Waals surface area contributed by atoms with Crippen LogP contribution in [-0.4, -0.2) is 4.40 Å². The van der Waals surface area contributed by atoms with Crippen LogP contribution in [-0.2, 0) is 0 Å². The second-order valence-corrected chi connectivity index (χ2v) is 5.87. The fraction of sp³-hybridized carbons (Fsp3) is 0.267. The first-order chi connectivity index (χ1) is 8.56. The topological polar surface area (TPSA) is 8.29 Å². The Kier molecular flexibility index (Phi) is 2.52.